The van der Waals surface area contributed by atoms with E-state index >= 15 is 0 Å². The summed E-state index contributed by atoms with van der Waals surface area (Å²) in [6, 6.07) is 8.65. The zero-order valence-corrected chi connectivity index (χ0v) is 10.1. The molecule has 6 heteroatoms. The zero-order chi connectivity index (χ0) is 13.4. The highest BCUT2D eigenvalue weighted by Crippen LogP contribution is 2.17. The van der Waals surface area contributed by atoms with E-state index in [0.717, 1.165) is 0 Å². The summed E-state index contributed by atoms with van der Waals surface area (Å²) in [4.78, 5) is 11.1. The number of hydrazone groups is 1. The molecular weight excluding hydrogens is 234 g/mol. The van der Waals surface area contributed by atoms with Gasteiger partial charge in [-0.05, 0) is 19.1 Å². The van der Waals surface area contributed by atoms with Crippen LogP contribution in [0.25, 0.3) is 0 Å². The van der Waals surface area contributed by atoms with Gasteiger partial charge in [-0.3, -0.25) is 5.43 Å². The van der Waals surface area contributed by atoms with Gasteiger partial charge in [0.05, 0.1) is 19.4 Å². The maximum atomic E-state index is 11.1. The molecule has 0 aromatic heterocycles. The summed E-state index contributed by atoms with van der Waals surface area (Å²) >= 11 is 0. The average Bonchev–Trinajstić information content (AvgIpc) is 2.40. The summed E-state index contributed by atoms with van der Waals surface area (Å²) in [5.74, 6) is -0.111. The van der Waals surface area contributed by atoms with Crippen LogP contribution in [0.1, 0.15) is 6.92 Å². The summed E-state index contributed by atoms with van der Waals surface area (Å²) in [5, 5.41) is 12.4. The Hall–Kier alpha value is -2.55. The second-order valence-electron chi connectivity index (χ2n) is 3.14. The lowest BCUT2D eigenvalue weighted by Gasteiger charge is -2.05. The minimum absolute atomic E-state index is 0.348. The third-order valence-corrected chi connectivity index (χ3v) is 1.93. The number of rotatable bonds is 5. The van der Waals surface area contributed by atoms with Crippen molar-refractivity contribution in [3.8, 4) is 11.8 Å². The molecule has 0 saturated heterocycles. The first kappa shape index (κ1) is 13.5. The van der Waals surface area contributed by atoms with E-state index in [1.54, 1.807) is 30.3 Å². The largest absolute Gasteiger partial charge is 0.494 e. The van der Waals surface area contributed by atoms with E-state index in [2.05, 4.69) is 15.3 Å². The van der Waals surface area contributed by atoms with Gasteiger partial charge < -0.3 is 9.47 Å². The van der Waals surface area contributed by atoms with Gasteiger partial charge in [0.15, 0.2) is 0 Å². The number of nitrogens with one attached hydrogen (secondary N) is 1. The Morgan fingerprint density at radius 2 is 2.33 bits per heavy atom. The molecule has 0 aliphatic rings. The summed E-state index contributed by atoms with van der Waals surface area (Å²) < 4.78 is 9.70. The number of ether oxygens (including phenoxy) is 2. The van der Waals surface area contributed by atoms with E-state index in [4.69, 9.17) is 10.00 Å². The molecule has 94 valence electrons. The van der Waals surface area contributed by atoms with Crippen molar-refractivity contribution in [3.05, 3.63) is 24.3 Å². The molecule has 0 radical (unpaired) electrons. The van der Waals surface area contributed by atoms with Gasteiger partial charge in [-0.1, -0.05) is 6.07 Å². The molecule has 0 fully saturated rings. The molecule has 1 aromatic carbocycles. The molecule has 0 heterocycles. The van der Waals surface area contributed by atoms with Crippen molar-refractivity contribution < 1.29 is 14.3 Å². The lowest BCUT2D eigenvalue weighted by molar-refractivity contribution is -0.132. The zero-order valence-electron chi connectivity index (χ0n) is 10.1. The Bertz CT molecular complexity index is 492. The van der Waals surface area contributed by atoms with Crippen molar-refractivity contribution in [2.24, 2.45) is 5.10 Å². The van der Waals surface area contributed by atoms with E-state index in [-0.39, 0.29) is 5.71 Å². The van der Waals surface area contributed by atoms with Gasteiger partial charge in [0.2, 0.25) is 5.71 Å². The molecule has 0 bridgehead atoms. The molecule has 0 aliphatic carbocycles. The highest BCUT2D eigenvalue weighted by atomic mass is 16.5. The van der Waals surface area contributed by atoms with Gasteiger partial charge in [0, 0.05) is 6.07 Å². The lowest BCUT2D eigenvalue weighted by Crippen LogP contribution is -2.15. The molecule has 1 aromatic rings. The van der Waals surface area contributed by atoms with Crippen LogP contribution in [0.2, 0.25) is 0 Å². The van der Waals surface area contributed by atoms with Crippen LogP contribution in [0, 0.1) is 11.3 Å². The maximum absolute atomic E-state index is 11.1. The normalized spacial score (nSPS) is 10.4. The number of nitrogens with zero attached hydrogens (tertiary/aromatic N) is 2. The third kappa shape index (κ3) is 3.79. The van der Waals surface area contributed by atoms with Crippen LogP contribution in [-0.4, -0.2) is 25.4 Å². The summed E-state index contributed by atoms with van der Waals surface area (Å²) in [6.45, 7) is 2.43. The average molecular weight is 247 g/mol. The molecule has 0 amide bonds. The van der Waals surface area contributed by atoms with Gasteiger partial charge in [0.25, 0.3) is 0 Å². The van der Waals surface area contributed by atoms with Gasteiger partial charge >= 0.3 is 5.97 Å². The second-order valence-corrected chi connectivity index (χ2v) is 3.14. The predicted molar refractivity (Wildman–Crippen MR) is 66.3 cm³/mol. The van der Waals surface area contributed by atoms with Crippen LogP contribution in [0.15, 0.2) is 29.4 Å². The Kier molecular flexibility index (Phi) is 5.19. The van der Waals surface area contributed by atoms with E-state index in [1.807, 2.05) is 6.92 Å². The first-order valence-corrected chi connectivity index (χ1v) is 5.26. The van der Waals surface area contributed by atoms with Crippen molar-refractivity contribution >= 4 is 17.4 Å². The molecule has 18 heavy (non-hydrogen) atoms. The molecular formula is C12H13N3O3. The van der Waals surface area contributed by atoms with Crippen LogP contribution >= 0.6 is 0 Å². The number of nitriles is 1. The number of benzene rings is 1. The highest BCUT2D eigenvalue weighted by Gasteiger charge is 2.10. The van der Waals surface area contributed by atoms with Gasteiger partial charge in [-0.15, -0.1) is 0 Å². The second kappa shape index (κ2) is 6.91. The summed E-state index contributed by atoms with van der Waals surface area (Å²) in [6.07, 6.45) is 0. The van der Waals surface area contributed by atoms with Crippen LogP contribution < -0.4 is 10.2 Å². The molecule has 1 N–H and O–H groups in total. The first-order chi connectivity index (χ1) is 8.71. The standard InChI is InChI=1S/C12H13N3O3/c1-3-18-10-6-4-5-9(7-10)14-15-11(8-13)12(16)17-2/h4-7,14H,3H2,1-2H3/b15-11-. The predicted octanol–water partition coefficient (Wildman–Crippen LogP) is 1.55. The van der Waals surface area contributed by atoms with Crippen LogP contribution in [0.4, 0.5) is 5.69 Å². The fraction of sp³-hybridized carbons (Fsp3) is 0.250. The number of methoxy groups -OCH3 is 1. The fourth-order valence-corrected chi connectivity index (χ4v) is 1.16. The third-order valence-electron chi connectivity index (χ3n) is 1.93. The van der Waals surface area contributed by atoms with Gasteiger partial charge in [-0.25, -0.2) is 4.79 Å². The number of carbonyl (C=O) groups excluding carboxylic acids is 1. The Morgan fingerprint density at radius 1 is 1.56 bits per heavy atom. The monoisotopic (exact) mass is 247 g/mol. The molecule has 0 spiro atoms. The highest BCUT2D eigenvalue weighted by molar-refractivity contribution is 6.43. The van der Waals surface area contributed by atoms with Crippen molar-refractivity contribution in [3.63, 3.8) is 0 Å². The number of hydrogen-bond acceptors (Lipinski definition) is 6. The quantitative estimate of drug-likeness (QED) is 0.485. The molecule has 0 aliphatic heterocycles. The maximum Gasteiger partial charge on any atom is 0.369 e. The number of anilines is 1. The van der Waals surface area contributed by atoms with Crippen molar-refractivity contribution in [2.75, 3.05) is 19.1 Å². The van der Waals surface area contributed by atoms with E-state index < -0.39 is 5.97 Å². The number of hydrogen-bond donors (Lipinski definition) is 1. The van der Waals surface area contributed by atoms with Crippen LogP contribution in [0.5, 0.6) is 5.75 Å². The summed E-state index contributed by atoms with van der Waals surface area (Å²) in [7, 11) is 1.19. The Balaban J connectivity index is 2.78. The Morgan fingerprint density at radius 3 is 2.94 bits per heavy atom. The number of esters is 1. The lowest BCUT2D eigenvalue weighted by atomic mass is 10.3. The fourth-order valence-electron chi connectivity index (χ4n) is 1.16. The minimum atomic E-state index is -0.786. The van der Waals surface area contributed by atoms with E-state index in [0.29, 0.717) is 18.0 Å². The van der Waals surface area contributed by atoms with Gasteiger partial charge in [-0.2, -0.15) is 10.4 Å². The SMILES string of the molecule is CCOc1cccc(N/N=C(/C#N)C(=O)OC)c1. The molecule has 0 atom stereocenters. The van der Waals surface area contributed by atoms with Crippen molar-refractivity contribution in [1.29, 1.82) is 5.26 Å². The van der Waals surface area contributed by atoms with Crippen LogP contribution in [0.3, 0.4) is 0 Å². The van der Waals surface area contributed by atoms with Crippen LogP contribution in [-0.2, 0) is 9.53 Å². The first-order valence-electron chi connectivity index (χ1n) is 5.26. The van der Waals surface area contributed by atoms with Crippen molar-refractivity contribution in [2.45, 2.75) is 6.92 Å². The number of carbonyl (C=O) groups is 1. The summed E-state index contributed by atoms with van der Waals surface area (Å²) in [5.41, 5.74) is 2.86. The Labute approximate surface area is 105 Å². The molecule has 0 saturated carbocycles. The van der Waals surface area contributed by atoms with E-state index in [9.17, 15) is 4.79 Å². The molecule has 1 rings (SSSR count). The molecule has 6 nitrogen and oxygen atoms in total. The van der Waals surface area contributed by atoms with Crippen molar-refractivity contribution in [1.82, 2.24) is 0 Å². The molecule has 0 unspecified atom stereocenters. The topological polar surface area (TPSA) is 83.7 Å². The smallest absolute Gasteiger partial charge is 0.369 e. The van der Waals surface area contributed by atoms with E-state index in [1.165, 1.54) is 7.11 Å². The minimum Gasteiger partial charge on any atom is -0.494 e. The van der Waals surface area contributed by atoms with Gasteiger partial charge in [0.1, 0.15) is 11.8 Å².